The van der Waals surface area contributed by atoms with Gasteiger partial charge in [-0.05, 0) is 41.3 Å². The molecule has 1 atom stereocenters. The van der Waals surface area contributed by atoms with Crippen molar-refractivity contribution >= 4 is 11.9 Å². The molecule has 0 aliphatic rings. The molecule has 5 heteroatoms. The van der Waals surface area contributed by atoms with Gasteiger partial charge in [0.25, 0.3) is 0 Å². The third-order valence-electron chi connectivity index (χ3n) is 4.19. The molecule has 0 saturated carbocycles. The molecule has 0 heterocycles. The number of aromatic carboxylic acids is 1. The molecule has 2 aromatic rings. The summed E-state index contributed by atoms with van der Waals surface area (Å²) in [4.78, 5) is 25.0. The lowest BCUT2D eigenvalue weighted by Gasteiger charge is -2.20. The molecule has 25 heavy (non-hydrogen) atoms. The number of benzene rings is 2. The third kappa shape index (κ3) is 5.08. The molecule has 0 aliphatic heterocycles. The third-order valence-corrected chi connectivity index (χ3v) is 4.19. The predicted octanol–water partition coefficient (Wildman–Crippen LogP) is 3.55. The van der Waals surface area contributed by atoms with Crippen LogP contribution in [0, 0.1) is 0 Å². The largest absolute Gasteiger partial charge is 0.497 e. The topological polar surface area (TPSA) is 66.8 Å². The van der Waals surface area contributed by atoms with Crippen LogP contribution in [-0.2, 0) is 11.3 Å². The Hall–Kier alpha value is -2.82. The Balaban J connectivity index is 1.96. The van der Waals surface area contributed by atoms with E-state index in [2.05, 4.69) is 0 Å². The molecule has 0 spiro atoms. The van der Waals surface area contributed by atoms with E-state index < -0.39 is 5.97 Å². The Kier molecular flexibility index (Phi) is 6.17. The van der Waals surface area contributed by atoms with Crippen LogP contribution in [0.2, 0.25) is 0 Å². The first-order valence-corrected chi connectivity index (χ1v) is 8.11. The maximum atomic E-state index is 12.5. The van der Waals surface area contributed by atoms with Crippen LogP contribution in [0.1, 0.15) is 40.7 Å². The van der Waals surface area contributed by atoms with Gasteiger partial charge >= 0.3 is 5.97 Å². The first-order chi connectivity index (χ1) is 11.9. The zero-order chi connectivity index (χ0) is 18.4. The average molecular weight is 341 g/mol. The smallest absolute Gasteiger partial charge is 0.335 e. The number of hydrogen-bond donors (Lipinski definition) is 1. The molecule has 0 aliphatic carbocycles. The number of methoxy groups -OCH3 is 1. The van der Waals surface area contributed by atoms with Crippen molar-refractivity contribution in [2.75, 3.05) is 14.2 Å². The molecule has 1 unspecified atom stereocenters. The quantitative estimate of drug-likeness (QED) is 0.836. The van der Waals surface area contributed by atoms with Crippen molar-refractivity contribution < 1.29 is 19.4 Å². The van der Waals surface area contributed by atoms with Crippen molar-refractivity contribution in [3.63, 3.8) is 0 Å². The van der Waals surface area contributed by atoms with E-state index in [0.717, 1.165) is 16.9 Å². The minimum Gasteiger partial charge on any atom is -0.497 e. The van der Waals surface area contributed by atoms with E-state index in [1.165, 1.54) is 0 Å². The zero-order valence-corrected chi connectivity index (χ0v) is 14.7. The van der Waals surface area contributed by atoms with E-state index in [1.807, 2.05) is 31.2 Å². The number of carbonyl (C=O) groups is 2. The second kappa shape index (κ2) is 8.33. The fourth-order valence-corrected chi connectivity index (χ4v) is 2.60. The second-order valence-corrected chi connectivity index (χ2v) is 6.13. The van der Waals surface area contributed by atoms with E-state index >= 15 is 0 Å². The monoisotopic (exact) mass is 341 g/mol. The fraction of sp³-hybridized carbons (Fsp3) is 0.300. The van der Waals surface area contributed by atoms with Crippen LogP contribution in [0.4, 0.5) is 0 Å². The van der Waals surface area contributed by atoms with E-state index in [1.54, 1.807) is 43.3 Å². The van der Waals surface area contributed by atoms with E-state index in [0.29, 0.717) is 13.0 Å². The van der Waals surface area contributed by atoms with Crippen LogP contribution in [0.25, 0.3) is 0 Å². The maximum Gasteiger partial charge on any atom is 0.335 e. The Morgan fingerprint density at radius 3 is 2.44 bits per heavy atom. The maximum absolute atomic E-state index is 12.5. The van der Waals surface area contributed by atoms with E-state index in [9.17, 15) is 9.59 Å². The molecule has 2 rings (SSSR count). The van der Waals surface area contributed by atoms with Crippen molar-refractivity contribution in [2.24, 2.45) is 0 Å². The summed E-state index contributed by atoms with van der Waals surface area (Å²) in [6, 6.07) is 14.3. The Morgan fingerprint density at radius 2 is 1.84 bits per heavy atom. The van der Waals surface area contributed by atoms with Crippen LogP contribution >= 0.6 is 0 Å². The molecule has 0 aromatic heterocycles. The number of amides is 1. The van der Waals surface area contributed by atoms with Crippen LogP contribution < -0.4 is 4.74 Å². The second-order valence-electron chi connectivity index (χ2n) is 6.13. The number of ether oxygens (including phenoxy) is 1. The van der Waals surface area contributed by atoms with Crippen LogP contribution in [0.15, 0.2) is 48.5 Å². The fourth-order valence-electron chi connectivity index (χ4n) is 2.60. The lowest BCUT2D eigenvalue weighted by atomic mass is 9.97. The molecule has 0 radical (unpaired) electrons. The Labute approximate surface area is 147 Å². The number of rotatable bonds is 7. The number of carboxylic acid groups (broad SMARTS) is 1. The molecular formula is C20H23NO4. The lowest BCUT2D eigenvalue weighted by molar-refractivity contribution is -0.130. The summed E-state index contributed by atoms with van der Waals surface area (Å²) in [5, 5.41) is 8.92. The summed E-state index contributed by atoms with van der Waals surface area (Å²) >= 11 is 0. The van der Waals surface area contributed by atoms with Gasteiger partial charge in [-0.15, -0.1) is 0 Å². The van der Waals surface area contributed by atoms with Gasteiger partial charge in [-0.2, -0.15) is 0 Å². The molecular weight excluding hydrogens is 318 g/mol. The Morgan fingerprint density at radius 1 is 1.16 bits per heavy atom. The minimum absolute atomic E-state index is 0.0395. The number of carboxylic acids is 1. The molecule has 2 aromatic carbocycles. The minimum atomic E-state index is -0.955. The lowest BCUT2D eigenvalue weighted by Crippen LogP contribution is -2.27. The van der Waals surface area contributed by atoms with Crippen molar-refractivity contribution in [3.05, 3.63) is 65.2 Å². The highest BCUT2D eigenvalue weighted by atomic mass is 16.5. The standard InChI is InChI=1S/C20H23NO4/c1-14(17-5-4-6-18(12-17)25-3)11-19(22)21(2)13-15-7-9-16(10-8-15)20(23)24/h4-10,12,14H,11,13H2,1-3H3,(H,23,24). The van der Waals surface area contributed by atoms with Crippen molar-refractivity contribution in [1.29, 1.82) is 0 Å². The zero-order valence-electron chi connectivity index (χ0n) is 14.7. The Bertz CT molecular complexity index is 740. The summed E-state index contributed by atoms with van der Waals surface area (Å²) in [5.74, 6) is -0.0520. The first kappa shape index (κ1) is 18.5. The number of carbonyl (C=O) groups excluding carboxylic acids is 1. The van der Waals surface area contributed by atoms with Gasteiger partial charge in [-0.1, -0.05) is 31.2 Å². The van der Waals surface area contributed by atoms with Gasteiger partial charge in [0.1, 0.15) is 5.75 Å². The summed E-state index contributed by atoms with van der Waals surface area (Å²) in [5.41, 5.74) is 2.20. The number of hydrogen-bond acceptors (Lipinski definition) is 3. The average Bonchev–Trinajstić information content (AvgIpc) is 2.62. The molecule has 0 saturated heterocycles. The van der Waals surface area contributed by atoms with Gasteiger partial charge in [0.2, 0.25) is 5.91 Å². The summed E-state index contributed by atoms with van der Waals surface area (Å²) in [6.07, 6.45) is 0.400. The van der Waals surface area contributed by atoms with Gasteiger partial charge in [-0.3, -0.25) is 4.79 Å². The summed E-state index contributed by atoms with van der Waals surface area (Å²) < 4.78 is 5.23. The first-order valence-electron chi connectivity index (χ1n) is 8.11. The van der Waals surface area contributed by atoms with Crippen molar-refractivity contribution in [3.8, 4) is 5.75 Å². The van der Waals surface area contributed by atoms with Crippen LogP contribution in [0.3, 0.4) is 0 Å². The predicted molar refractivity (Wildman–Crippen MR) is 95.9 cm³/mol. The summed E-state index contributed by atoms with van der Waals surface area (Å²) in [7, 11) is 3.38. The molecule has 5 nitrogen and oxygen atoms in total. The van der Waals surface area contributed by atoms with Gasteiger partial charge in [0.05, 0.1) is 12.7 Å². The number of nitrogens with zero attached hydrogens (tertiary/aromatic N) is 1. The molecule has 1 amide bonds. The van der Waals surface area contributed by atoms with Crippen LogP contribution in [0.5, 0.6) is 5.75 Å². The molecule has 0 fully saturated rings. The molecule has 132 valence electrons. The van der Waals surface area contributed by atoms with E-state index in [4.69, 9.17) is 9.84 Å². The molecule has 1 N–H and O–H groups in total. The molecule has 0 bridgehead atoms. The van der Waals surface area contributed by atoms with Gasteiger partial charge in [-0.25, -0.2) is 4.79 Å². The van der Waals surface area contributed by atoms with Crippen molar-refractivity contribution in [1.82, 2.24) is 4.90 Å². The SMILES string of the molecule is COc1cccc(C(C)CC(=O)N(C)Cc2ccc(C(=O)O)cc2)c1. The van der Waals surface area contributed by atoms with E-state index in [-0.39, 0.29) is 17.4 Å². The highest BCUT2D eigenvalue weighted by Gasteiger charge is 2.16. The van der Waals surface area contributed by atoms with Gasteiger partial charge in [0.15, 0.2) is 0 Å². The van der Waals surface area contributed by atoms with Crippen molar-refractivity contribution in [2.45, 2.75) is 25.8 Å². The van der Waals surface area contributed by atoms with Gasteiger partial charge < -0.3 is 14.7 Å². The normalized spacial score (nSPS) is 11.6. The van der Waals surface area contributed by atoms with Crippen LogP contribution in [-0.4, -0.2) is 36.0 Å². The highest BCUT2D eigenvalue weighted by Crippen LogP contribution is 2.24. The summed E-state index contributed by atoms with van der Waals surface area (Å²) in [6.45, 7) is 2.46. The highest BCUT2D eigenvalue weighted by molar-refractivity contribution is 5.87. The van der Waals surface area contributed by atoms with Gasteiger partial charge in [0, 0.05) is 20.0 Å².